The molecule has 0 spiro atoms. The molecule has 1 aromatic heterocycles. The highest BCUT2D eigenvalue weighted by molar-refractivity contribution is 7.89. The molecule has 1 aromatic carbocycles. The van der Waals surface area contributed by atoms with E-state index in [0.717, 1.165) is 44.4 Å². The van der Waals surface area contributed by atoms with E-state index in [4.69, 9.17) is 4.74 Å². The second kappa shape index (κ2) is 9.37. The quantitative estimate of drug-likeness (QED) is 0.653. The summed E-state index contributed by atoms with van der Waals surface area (Å²) in [5, 5.41) is 8.85. The molecule has 0 amide bonds. The minimum absolute atomic E-state index is 0.286. The highest BCUT2D eigenvalue weighted by Gasteiger charge is 2.29. The summed E-state index contributed by atoms with van der Waals surface area (Å²) in [6, 6.07) is 10.5. The van der Waals surface area contributed by atoms with Crippen LogP contribution in [0.15, 0.2) is 41.3 Å². The third-order valence-electron chi connectivity index (χ3n) is 6.04. The highest BCUT2D eigenvalue weighted by atomic mass is 32.2. The van der Waals surface area contributed by atoms with Crippen LogP contribution in [0.4, 0.5) is 11.6 Å². The molecule has 2 aromatic rings. The molecule has 0 atom stereocenters. The molecule has 10 heteroatoms. The number of benzene rings is 1. The maximum Gasteiger partial charge on any atom is 0.243 e. The lowest BCUT2D eigenvalue weighted by Crippen LogP contribution is -2.49. The number of piperazine rings is 2. The molecule has 0 saturated carbocycles. The average molecular weight is 447 g/mol. The smallest absolute Gasteiger partial charge is 0.243 e. The van der Waals surface area contributed by atoms with Crippen molar-refractivity contribution in [3.63, 3.8) is 0 Å². The molecule has 2 aliphatic heterocycles. The molecule has 0 unspecified atom stereocenters. The van der Waals surface area contributed by atoms with Crippen molar-refractivity contribution < 1.29 is 13.2 Å². The minimum atomic E-state index is -3.52. The van der Waals surface area contributed by atoms with E-state index >= 15 is 0 Å². The zero-order valence-corrected chi connectivity index (χ0v) is 19.0. The fourth-order valence-corrected chi connectivity index (χ4v) is 5.43. The van der Waals surface area contributed by atoms with Crippen LogP contribution in [0.5, 0.6) is 5.75 Å². The monoisotopic (exact) mass is 446 g/mol. The van der Waals surface area contributed by atoms with Gasteiger partial charge in [0.2, 0.25) is 10.0 Å². The molecular weight excluding hydrogens is 416 g/mol. The predicted molar refractivity (Wildman–Crippen MR) is 120 cm³/mol. The Labute approximate surface area is 184 Å². The maximum absolute atomic E-state index is 12.9. The summed E-state index contributed by atoms with van der Waals surface area (Å²) in [6.07, 6.45) is 0. The van der Waals surface area contributed by atoms with Crippen molar-refractivity contribution in [1.82, 2.24) is 19.4 Å². The number of likely N-dealkylation sites (N-methyl/N-ethyl adjacent to an activating group) is 1. The van der Waals surface area contributed by atoms with Crippen molar-refractivity contribution in [3.05, 3.63) is 36.4 Å². The van der Waals surface area contributed by atoms with Gasteiger partial charge in [0, 0.05) is 52.4 Å². The lowest BCUT2D eigenvalue weighted by molar-refractivity contribution is 0.270. The van der Waals surface area contributed by atoms with Crippen LogP contribution in [0.3, 0.4) is 0 Å². The number of nitrogens with zero attached hydrogens (tertiary/aromatic N) is 6. The Kier molecular flexibility index (Phi) is 6.59. The lowest BCUT2D eigenvalue weighted by atomic mass is 10.3. The van der Waals surface area contributed by atoms with Crippen LogP contribution in [0, 0.1) is 0 Å². The lowest BCUT2D eigenvalue weighted by Gasteiger charge is -2.35. The Hall–Kier alpha value is -2.43. The van der Waals surface area contributed by atoms with Crippen LogP contribution in [0.1, 0.15) is 6.92 Å². The van der Waals surface area contributed by atoms with E-state index < -0.39 is 10.0 Å². The molecule has 9 nitrogen and oxygen atoms in total. The van der Waals surface area contributed by atoms with E-state index in [1.54, 1.807) is 31.4 Å². The Morgan fingerprint density at radius 2 is 1.32 bits per heavy atom. The first-order valence-corrected chi connectivity index (χ1v) is 12.2. The largest absolute Gasteiger partial charge is 0.497 e. The number of rotatable bonds is 6. The molecular formula is C21H30N6O3S. The highest BCUT2D eigenvalue weighted by Crippen LogP contribution is 2.23. The Morgan fingerprint density at radius 3 is 1.77 bits per heavy atom. The van der Waals surface area contributed by atoms with Gasteiger partial charge in [-0.05, 0) is 42.9 Å². The number of methoxy groups -OCH3 is 1. The van der Waals surface area contributed by atoms with E-state index in [1.807, 2.05) is 12.1 Å². The first-order chi connectivity index (χ1) is 15.0. The summed E-state index contributed by atoms with van der Waals surface area (Å²) in [4.78, 5) is 7.07. The van der Waals surface area contributed by atoms with Crippen LogP contribution < -0.4 is 14.5 Å². The fourth-order valence-electron chi connectivity index (χ4n) is 4.00. The van der Waals surface area contributed by atoms with Crippen molar-refractivity contribution >= 4 is 21.7 Å². The van der Waals surface area contributed by atoms with Crippen LogP contribution >= 0.6 is 0 Å². The Bertz CT molecular complexity index is 952. The molecule has 0 aliphatic carbocycles. The molecule has 168 valence electrons. The third kappa shape index (κ3) is 4.76. The van der Waals surface area contributed by atoms with Gasteiger partial charge in [0.05, 0.1) is 12.0 Å². The summed E-state index contributed by atoms with van der Waals surface area (Å²) >= 11 is 0. The van der Waals surface area contributed by atoms with Crippen LogP contribution in [-0.2, 0) is 10.0 Å². The van der Waals surface area contributed by atoms with Gasteiger partial charge in [0.25, 0.3) is 0 Å². The van der Waals surface area contributed by atoms with Gasteiger partial charge in [-0.25, -0.2) is 8.42 Å². The minimum Gasteiger partial charge on any atom is -0.497 e. The van der Waals surface area contributed by atoms with E-state index in [2.05, 4.69) is 31.8 Å². The number of sulfonamides is 1. The first kappa shape index (κ1) is 21.8. The summed E-state index contributed by atoms with van der Waals surface area (Å²) in [5.74, 6) is 2.33. The molecule has 31 heavy (non-hydrogen) atoms. The zero-order chi connectivity index (χ0) is 21.8. The molecule has 0 N–H and O–H groups in total. The third-order valence-corrected chi connectivity index (χ3v) is 7.95. The van der Waals surface area contributed by atoms with Crippen molar-refractivity contribution in [2.75, 3.05) is 75.8 Å². The zero-order valence-electron chi connectivity index (χ0n) is 18.1. The number of hydrogen-bond acceptors (Lipinski definition) is 8. The van der Waals surface area contributed by atoms with Crippen LogP contribution in [0.2, 0.25) is 0 Å². The van der Waals surface area contributed by atoms with E-state index in [-0.39, 0.29) is 4.90 Å². The van der Waals surface area contributed by atoms with Gasteiger partial charge in [0.1, 0.15) is 5.75 Å². The number of anilines is 2. The molecule has 2 aliphatic rings. The van der Waals surface area contributed by atoms with E-state index in [0.29, 0.717) is 31.9 Å². The fraction of sp³-hybridized carbons (Fsp3) is 0.524. The molecule has 2 saturated heterocycles. The van der Waals surface area contributed by atoms with Gasteiger partial charge in [-0.2, -0.15) is 4.31 Å². The van der Waals surface area contributed by atoms with E-state index in [1.165, 1.54) is 4.31 Å². The predicted octanol–water partition coefficient (Wildman–Crippen LogP) is 1.14. The van der Waals surface area contributed by atoms with Gasteiger partial charge >= 0.3 is 0 Å². The van der Waals surface area contributed by atoms with Crippen LogP contribution in [0.25, 0.3) is 0 Å². The van der Waals surface area contributed by atoms with Gasteiger partial charge in [-0.15, -0.1) is 10.2 Å². The molecule has 0 bridgehead atoms. The standard InChI is InChI=1S/C21H30N6O3S/c1-3-24-10-12-25(13-11-24)20-8-9-21(23-22-20)26-14-16-27(17-15-26)31(28,29)19-6-4-18(30-2)5-7-19/h4-9H,3,10-17H2,1-2H3. The summed E-state index contributed by atoms with van der Waals surface area (Å²) in [7, 11) is -1.96. The van der Waals surface area contributed by atoms with Crippen molar-refractivity contribution in [2.24, 2.45) is 0 Å². The van der Waals surface area contributed by atoms with Crippen molar-refractivity contribution in [1.29, 1.82) is 0 Å². The Balaban J connectivity index is 1.35. The van der Waals surface area contributed by atoms with E-state index in [9.17, 15) is 8.42 Å². The first-order valence-electron chi connectivity index (χ1n) is 10.7. The second-order valence-corrected chi connectivity index (χ2v) is 9.68. The molecule has 2 fully saturated rings. The molecule has 4 rings (SSSR count). The number of aromatic nitrogens is 2. The Morgan fingerprint density at radius 1 is 0.806 bits per heavy atom. The normalized spacial score (nSPS) is 18.9. The van der Waals surface area contributed by atoms with Crippen LogP contribution in [-0.4, -0.2) is 93.8 Å². The van der Waals surface area contributed by atoms with Crippen molar-refractivity contribution in [3.8, 4) is 5.75 Å². The second-order valence-electron chi connectivity index (χ2n) is 7.74. The topological polar surface area (TPSA) is 82.1 Å². The van der Waals surface area contributed by atoms with Crippen molar-refractivity contribution in [2.45, 2.75) is 11.8 Å². The summed E-state index contributed by atoms with van der Waals surface area (Å²) in [6.45, 7) is 9.28. The van der Waals surface area contributed by atoms with Gasteiger partial charge in [-0.1, -0.05) is 6.92 Å². The summed E-state index contributed by atoms with van der Waals surface area (Å²) in [5.41, 5.74) is 0. The SMILES string of the molecule is CCN1CCN(c2ccc(N3CCN(S(=O)(=O)c4ccc(OC)cc4)CC3)nn2)CC1. The average Bonchev–Trinajstić information content (AvgIpc) is 2.84. The summed E-state index contributed by atoms with van der Waals surface area (Å²) < 4.78 is 32.5. The van der Waals surface area contributed by atoms with Gasteiger partial charge in [-0.3, -0.25) is 0 Å². The molecule has 3 heterocycles. The van der Waals surface area contributed by atoms with Gasteiger partial charge in [0.15, 0.2) is 11.6 Å². The maximum atomic E-state index is 12.9. The number of hydrogen-bond donors (Lipinski definition) is 0. The molecule has 0 radical (unpaired) electrons. The number of ether oxygens (including phenoxy) is 1. The van der Waals surface area contributed by atoms with Gasteiger partial charge < -0.3 is 19.4 Å².